The third-order valence-electron chi connectivity index (χ3n) is 5.87. The summed E-state index contributed by atoms with van der Waals surface area (Å²) in [6.45, 7) is 13.2. The molecule has 0 amide bonds. The van der Waals surface area contributed by atoms with Crippen molar-refractivity contribution in [3.05, 3.63) is 42.9 Å². The van der Waals surface area contributed by atoms with Crippen LogP contribution < -0.4 is 9.80 Å². The maximum absolute atomic E-state index is 4.77. The van der Waals surface area contributed by atoms with E-state index >= 15 is 0 Å². The van der Waals surface area contributed by atoms with E-state index in [4.69, 9.17) is 4.98 Å². The molecule has 8 heteroatoms. The average Bonchev–Trinajstić information content (AvgIpc) is 3.37. The molecule has 1 aliphatic rings. The van der Waals surface area contributed by atoms with Crippen LogP contribution in [0.25, 0.3) is 16.8 Å². The molecule has 0 aromatic carbocycles. The zero-order valence-electron chi connectivity index (χ0n) is 18.1. The van der Waals surface area contributed by atoms with E-state index in [1.165, 1.54) is 5.69 Å². The number of piperazine rings is 1. The van der Waals surface area contributed by atoms with Gasteiger partial charge in [0.05, 0.1) is 17.7 Å². The van der Waals surface area contributed by atoms with Gasteiger partial charge in [-0.25, -0.2) is 19.9 Å². The fraction of sp³-hybridized carbons (Fsp3) is 0.455. The van der Waals surface area contributed by atoms with Crippen molar-refractivity contribution in [2.75, 3.05) is 36.0 Å². The predicted octanol–water partition coefficient (Wildman–Crippen LogP) is 3.12. The molecule has 156 valence electrons. The monoisotopic (exact) mass is 404 g/mol. The summed E-state index contributed by atoms with van der Waals surface area (Å²) in [5, 5.41) is 0. The molecule has 0 radical (unpaired) electrons. The summed E-state index contributed by atoms with van der Waals surface area (Å²) in [4.78, 5) is 23.1. The Bertz CT molecular complexity index is 1190. The van der Waals surface area contributed by atoms with E-state index in [0.29, 0.717) is 0 Å². The summed E-state index contributed by atoms with van der Waals surface area (Å²) >= 11 is 0. The highest BCUT2D eigenvalue weighted by molar-refractivity contribution is 5.83. The molecule has 0 unspecified atom stereocenters. The van der Waals surface area contributed by atoms with Crippen LogP contribution in [0.1, 0.15) is 33.4 Å². The normalized spacial score (nSPS) is 15.5. The number of nitrogens with zero attached hydrogens (tertiary/aromatic N) is 8. The minimum Gasteiger partial charge on any atom is -0.367 e. The van der Waals surface area contributed by atoms with Crippen molar-refractivity contribution in [1.82, 2.24) is 28.9 Å². The Labute approximate surface area is 176 Å². The first-order valence-corrected chi connectivity index (χ1v) is 10.6. The van der Waals surface area contributed by atoms with Gasteiger partial charge >= 0.3 is 0 Å². The van der Waals surface area contributed by atoms with E-state index in [9.17, 15) is 0 Å². The lowest BCUT2D eigenvalue weighted by atomic mass is 9.93. The third kappa shape index (κ3) is 3.16. The van der Waals surface area contributed by atoms with Gasteiger partial charge in [-0.15, -0.1) is 0 Å². The number of pyridine rings is 1. The minimum absolute atomic E-state index is 0.0471. The maximum atomic E-state index is 4.77. The molecule has 0 aliphatic carbocycles. The minimum atomic E-state index is 0.0471. The Hall–Kier alpha value is -3.16. The fourth-order valence-electron chi connectivity index (χ4n) is 4.04. The third-order valence-corrected chi connectivity index (χ3v) is 5.87. The van der Waals surface area contributed by atoms with Crippen molar-refractivity contribution in [2.24, 2.45) is 0 Å². The highest BCUT2D eigenvalue weighted by Gasteiger charge is 2.23. The topological polar surface area (TPSA) is 67.4 Å². The van der Waals surface area contributed by atoms with Gasteiger partial charge in [0.1, 0.15) is 12.0 Å². The highest BCUT2D eigenvalue weighted by Crippen LogP contribution is 2.26. The molecule has 8 nitrogen and oxygen atoms in total. The van der Waals surface area contributed by atoms with Crippen LogP contribution in [0.15, 0.2) is 37.2 Å². The molecule has 30 heavy (non-hydrogen) atoms. The van der Waals surface area contributed by atoms with Crippen molar-refractivity contribution >= 4 is 28.3 Å². The van der Waals surface area contributed by atoms with Crippen LogP contribution in [0.3, 0.4) is 0 Å². The number of rotatable bonds is 3. The van der Waals surface area contributed by atoms with Gasteiger partial charge in [0.2, 0.25) is 0 Å². The van der Waals surface area contributed by atoms with Crippen LogP contribution in [0.2, 0.25) is 0 Å². The molecule has 0 atom stereocenters. The first kappa shape index (κ1) is 18.8. The number of anilines is 2. The molecule has 0 spiro atoms. The average molecular weight is 405 g/mol. The van der Waals surface area contributed by atoms with E-state index in [1.807, 2.05) is 6.33 Å². The Balaban J connectivity index is 1.35. The van der Waals surface area contributed by atoms with Crippen LogP contribution in [-0.2, 0) is 12.0 Å². The molecule has 0 N–H and O–H groups in total. The number of aryl methyl sites for hydroxylation is 1. The first-order valence-electron chi connectivity index (χ1n) is 10.6. The van der Waals surface area contributed by atoms with Crippen LogP contribution in [-0.4, -0.2) is 55.1 Å². The number of hydrogen-bond acceptors (Lipinski definition) is 6. The molecule has 0 bridgehead atoms. The van der Waals surface area contributed by atoms with Gasteiger partial charge in [0.25, 0.3) is 0 Å². The fourth-order valence-corrected chi connectivity index (χ4v) is 4.04. The zero-order chi connectivity index (χ0) is 20.9. The molecular formula is C22H28N8. The Morgan fingerprint density at radius 2 is 1.70 bits per heavy atom. The van der Waals surface area contributed by atoms with Crippen molar-refractivity contribution < 1.29 is 0 Å². The van der Waals surface area contributed by atoms with Crippen molar-refractivity contribution in [2.45, 2.75) is 39.7 Å². The largest absolute Gasteiger partial charge is 0.367 e. The van der Waals surface area contributed by atoms with E-state index in [1.54, 1.807) is 6.33 Å². The Kier molecular flexibility index (Phi) is 4.38. The predicted molar refractivity (Wildman–Crippen MR) is 119 cm³/mol. The van der Waals surface area contributed by atoms with Gasteiger partial charge in [0, 0.05) is 50.5 Å². The number of imidazole rings is 2. The van der Waals surface area contributed by atoms with Crippen LogP contribution >= 0.6 is 0 Å². The van der Waals surface area contributed by atoms with E-state index < -0.39 is 0 Å². The second kappa shape index (κ2) is 6.97. The summed E-state index contributed by atoms with van der Waals surface area (Å²) < 4.78 is 4.20. The molecule has 1 aliphatic heterocycles. The standard InChI is InChI=1S/C22H28N8/c1-5-27-15-25-19-20(27)23-14-24-21(19)29-10-8-28(9-11-29)16-6-7-18-26-17(22(2,3)4)13-30(18)12-16/h6-7,12-15H,5,8-11H2,1-4H3. The van der Waals surface area contributed by atoms with Gasteiger partial charge < -0.3 is 18.8 Å². The molecule has 0 saturated carbocycles. The van der Waals surface area contributed by atoms with Crippen molar-refractivity contribution in [3.63, 3.8) is 0 Å². The first-order chi connectivity index (χ1) is 14.4. The van der Waals surface area contributed by atoms with E-state index in [-0.39, 0.29) is 5.41 Å². The number of fused-ring (bicyclic) bond motifs is 2. The summed E-state index contributed by atoms with van der Waals surface area (Å²) in [6, 6.07) is 4.29. The summed E-state index contributed by atoms with van der Waals surface area (Å²) in [5.74, 6) is 0.937. The van der Waals surface area contributed by atoms with Crippen molar-refractivity contribution in [1.29, 1.82) is 0 Å². The molecule has 5 rings (SSSR count). The number of aromatic nitrogens is 6. The quantitative estimate of drug-likeness (QED) is 0.523. The molecule has 1 fully saturated rings. The second-order valence-electron chi connectivity index (χ2n) is 8.90. The SMILES string of the molecule is CCn1cnc2c(N3CCN(c4ccc5nc(C(C)(C)C)cn5c4)CC3)ncnc21. The van der Waals surface area contributed by atoms with Gasteiger partial charge in [-0.3, -0.25) is 0 Å². The van der Waals surface area contributed by atoms with Crippen LogP contribution in [0, 0.1) is 0 Å². The Morgan fingerprint density at radius 3 is 2.43 bits per heavy atom. The maximum Gasteiger partial charge on any atom is 0.165 e. The lowest BCUT2D eigenvalue weighted by molar-refractivity contribution is 0.573. The van der Waals surface area contributed by atoms with Gasteiger partial charge in [0.15, 0.2) is 17.0 Å². The summed E-state index contributed by atoms with van der Waals surface area (Å²) in [6.07, 6.45) is 7.85. The molecule has 4 aromatic heterocycles. The molecular weight excluding hydrogens is 376 g/mol. The Morgan fingerprint density at radius 1 is 0.933 bits per heavy atom. The van der Waals surface area contributed by atoms with Gasteiger partial charge in [-0.05, 0) is 19.1 Å². The summed E-state index contributed by atoms with van der Waals surface area (Å²) in [5.41, 5.74) is 5.18. The molecule has 1 saturated heterocycles. The number of hydrogen-bond donors (Lipinski definition) is 0. The smallest absolute Gasteiger partial charge is 0.165 e. The lowest BCUT2D eigenvalue weighted by Crippen LogP contribution is -2.47. The van der Waals surface area contributed by atoms with Gasteiger partial charge in [-0.1, -0.05) is 20.8 Å². The highest BCUT2D eigenvalue weighted by atomic mass is 15.3. The summed E-state index contributed by atoms with van der Waals surface area (Å²) in [7, 11) is 0. The zero-order valence-corrected chi connectivity index (χ0v) is 18.1. The van der Waals surface area contributed by atoms with Crippen LogP contribution in [0.4, 0.5) is 11.5 Å². The van der Waals surface area contributed by atoms with E-state index in [0.717, 1.165) is 61.0 Å². The van der Waals surface area contributed by atoms with Crippen molar-refractivity contribution in [3.8, 4) is 0 Å². The molecule has 5 heterocycles. The van der Waals surface area contributed by atoms with Crippen LogP contribution in [0.5, 0.6) is 0 Å². The van der Waals surface area contributed by atoms with E-state index in [2.05, 4.69) is 85.9 Å². The second-order valence-corrected chi connectivity index (χ2v) is 8.90. The van der Waals surface area contributed by atoms with Gasteiger partial charge in [-0.2, -0.15) is 0 Å². The lowest BCUT2D eigenvalue weighted by Gasteiger charge is -2.36. The molecule has 4 aromatic rings.